The van der Waals surface area contributed by atoms with E-state index in [1.165, 1.54) is 19.1 Å². The summed E-state index contributed by atoms with van der Waals surface area (Å²) in [4.78, 5) is 11.1. The molecule has 0 unspecified atom stereocenters. The molecule has 0 heterocycles. The predicted molar refractivity (Wildman–Crippen MR) is 56.8 cm³/mol. The lowest BCUT2D eigenvalue weighted by Crippen LogP contribution is -1.97. The maximum Gasteiger partial charge on any atom is 0.264 e. The molecule has 1 aromatic rings. The van der Waals surface area contributed by atoms with Crippen LogP contribution < -0.4 is 0 Å². The van der Waals surface area contributed by atoms with Crippen molar-refractivity contribution in [1.82, 2.24) is 0 Å². The van der Waals surface area contributed by atoms with Gasteiger partial charge in [-0.1, -0.05) is 6.07 Å². The molecule has 76 valence electrons. The first kappa shape index (κ1) is 11.8. The first-order valence-electron chi connectivity index (χ1n) is 3.72. The Hall–Kier alpha value is -0.290. The van der Waals surface area contributed by atoms with E-state index in [-0.39, 0.29) is 15.8 Å². The summed E-state index contributed by atoms with van der Waals surface area (Å²) in [5.74, 6) is -0.168. The van der Waals surface area contributed by atoms with Gasteiger partial charge in [-0.2, -0.15) is 0 Å². The third-order valence-electron chi connectivity index (χ3n) is 1.73. The molecule has 0 spiro atoms. The average molecular weight is 328 g/mol. The van der Waals surface area contributed by atoms with Crippen molar-refractivity contribution >= 4 is 37.6 Å². The van der Waals surface area contributed by atoms with Gasteiger partial charge >= 0.3 is 0 Å². The van der Waals surface area contributed by atoms with Crippen LogP contribution >= 0.6 is 31.9 Å². The summed E-state index contributed by atoms with van der Waals surface area (Å²) in [6.45, 7) is 1.38. The van der Waals surface area contributed by atoms with Crippen LogP contribution in [0.1, 0.15) is 29.3 Å². The molecule has 1 rings (SSSR count). The lowest BCUT2D eigenvalue weighted by molar-refractivity contribution is 0.101. The summed E-state index contributed by atoms with van der Waals surface area (Å²) >= 11 is 6.12. The van der Waals surface area contributed by atoms with Gasteiger partial charge in [0.15, 0.2) is 5.78 Å². The van der Waals surface area contributed by atoms with Crippen molar-refractivity contribution in [2.24, 2.45) is 0 Å². The van der Waals surface area contributed by atoms with Gasteiger partial charge in [-0.25, -0.2) is 8.78 Å². The molecule has 0 bridgehead atoms. The monoisotopic (exact) mass is 326 g/mol. The number of carbonyl (C=O) groups is 1. The highest BCUT2D eigenvalue weighted by Crippen LogP contribution is 2.35. The predicted octanol–water partition coefficient (Wildman–Crippen LogP) is 4.35. The highest BCUT2D eigenvalue weighted by Gasteiger charge is 2.17. The Morgan fingerprint density at radius 3 is 2.29 bits per heavy atom. The highest BCUT2D eigenvalue weighted by atomic mass is 79.9. The van der Waals surface area contributed by atoms with E-state index in [1.807, 2.05) is 0 Å². The van der Waals surface area contributed by atoms with Crippen molar-refractivity contribution in [2.75, 3.05) is 0 Å². The lowest BCUT2D eigenvalue weighted by Gasteiger charge is -2.08. The lowest BCUT2D eigenvalue weighted by atomic mass is 10.1. The molecule has 0 radical (unpaired) electrons. The second kappa shape index (κ2) is 4.49. The average Bonchev–Trinajstić information content (AvgIpc) is 2.08. The van der Waals surface area contributed by atoms with Gasteiger partial charge in [-0.05, 0) is 44.8 Å². The molecule has 0 aliphatic rings. The van der Waals surface area contributed by atoms with Crippen LogP contribution in [-0.4, -0.2) is 5.78 Å². The van der Waals surface area contributed by atoms with E-state index in [1.54, 1.807) is 0 Å². The zero-order valence-corrected chi connectivity index (χ0v) is 10.3. The van der Waals surface area contributed by atoms with Gasteiger partial charge < -0.3 is 0 Å². The Bertz CT molecular complexity index is 377. The van der Waals surface area contributed by atoms with E-state index < -0.39 is 6.43 Å². The standard InChI is InChI=1S/C9H6Br2F2O/c1-4(14)5-2-3-6(9(12)13)8(11)7(5)10/h2-3,9H,1H3. The minimum absolute atomic E-state index is 0.123. The smallest absolute Gasteiger partial charge is 0.264 e. The molecule has 1 nitrogen and oxygen atoms in total. The largest absolute Gasteiger partial charge is 0.294 e. The number of benzene rings is 1. The SMILES string of the molecule is CC(=O)c1ccc(C(F)F)c(Br)c1Br. The number of halogens is 4. The summed E-state index contributed by atoms with van der Waals surface area (Å²) in [6, 6.07) is 2.63. The third kappa shape index (κ3) is 2.20. The minimum atomic E-state index is -2.55. The first-order chi connectivity index (χ1) is 6.45. The maximum atomic E-state index is 12.4. The number of hydrogen-bond donors (Lipinski definition) is 0. The van der Waals surface area contributed by atoms with Gasteiger partial charge in [0.1, 0.15) is 0 Å². The van der Waals surface area contributed by atoms with Gasteiger partial charge in [0.05, 0.1) is 0 Å². The molecule has 1 aromatic carbocycles. The summed E-state index contributed by atoms with van der Waals surface area (Å²) in [5, 5.41) is 0. The minimum Gasteiger partial charge on any atom is -0.294 e. The van der Waals surface area contributed by atoms with Crippen LogP contribution in [0.5, 0.6) is 0 Å². The fourth-order valence-corrected chi connectivity index (χ4v) is 2.16. The van der Waals surface area contributed by atoms with Crippen LogP contribution in [-0.2, 0) is 0 Å². The van der Waals surface area contributed by atoms with Gasteiger partial charge in [0.2, 0.25) is 0 Å². The fourth-order valence-electron chi connectivity index (χ4n) is 1.00. The van der Waals surface area contributed by atoms with Crippen LogP contribution in [0.3, 0.4) is 0 Å². The molecule has 0 aromatic heterocycles. The van der Waals surface area contributed by atoms with Crippen LogP contribution in [0.15, 0.2) is 21.1 Å². The molecule has 0 fully saturated rings. The van der Waals surface area contributed by atoms with E-state index in [0.29, 0.717) is 10.0 Å². The molecule has 0 amide bonds. The molecule has 14 heavy (non-hydrogen) atoms. The maximum absolute atomic E-state index is 12.4. The topological polar surface area (TPSA) is 17.1 Å². The Morgan fingerprint density at radius 1 is 1.29 bits per heavy atom. The van der Waals surface area contributed by atoms with E-state index in [0.717, 1.165) is 0 Å². The molecule has 0 atom stereocenters. The normalized spacial score (nSPS) is 10.7. The number of alkyl halides is 2. The number of hydrogen-bond acceptors (Lipinski definition) is 1. The van der Waals surface area contributed by atoms with Gasteiger partial charge in [0.25, 0.3) is 6.43 Å². The summed E-state index contributed by atoms with van der Waals surface area (Å²) < 4.78 is 25.4. The van der Waals surface area contributed by atoms with Gasteiger partial charge in [-0.3, -0.25) is 4.79 Å². The number of ketones is 1. The molecule has 0 N–H and O–H groups in total. The number of rotatable bonds is 2. The van der Waals surface area contributed by atoms with Crippen molar-refractivity contribution < 1.29 is 13.6 Å². The van der Waals surface area contributed by atoms with Crippen molar-refractivity contribution in [3.63, 3.8) is 0 Å². The second-order valence-electron chi connectivity index (χ2n) is 2.69. The van der Waals surface area contributed by atoms with E-state index >= 15 is 0 Å². The van der Waals surface area contributed by atoms with E-state index in [9.17, 15) is 13.6 Å². The Balaban J connectivity index is 3.33. The Kier molecular flexibility index (Phi) is 3.78. The first-order valence-corrected chi connectivity index (χ1v) is 5.30. The van der Waals surface area contributed by atoms with E-state index in [4.69, 9.17) is 0 Å². The zero-order chi connectivity index (χ0) is 10.9. The molecular formula is C9H6Br2F2O. The third-order valence-corrected chi connectivity index (χ3v) is 3.94. The fraction of sp³-hybridized carbons (Fsp3) is 0.222. The molecule has 0 saturated carbocycles. The van der Waals surface area contributed by atoms with Crippen molar-refractivity contribution in [2.45, 2.75) is 13.3 Å². The summed E-state index contributed by atoms with van der Waals surface area (Å²) in [7, 11) is 0. The number of carbonyl (C=O) groups excluding carboxylic acids is 1. The highest BCUT2D eigenvalue weighted by molar-refractivity contribution is 9.13. The molecule has 0 saturated heterocycles. The second-order valence-corrected chi connectivity index (χ2v) is 4.27. The van der Waals surface area contributed by atoms with E-state index in [2.05, 4.69) is 31.9 Å². The summed E-state index contributed by atoms with van der Waals surface area (Å²) in [6.07, 6.45) is -2.55. The van der Waals surface area contributed by atoms with Crippen LogP contribution in [0, 0.1) is 0 Å². The van der Waals surface area contributed by atoms with Gasteiger partial charge in [-0.15, -0.1) is 0 Å². The van der Waals surface area contributed by atoms with Gasteiger partial charge in [0, 0.05) is 20.1 Å². The van der Waals surface area contributed by atoms with Crippen molar-refractivity contribution in [3.8, 4) is 0 Å². The summed E-state index contributed by atoms with van der Waals surface area (Å²) in [5.41, 5.74) is 0.267. The Morgan fingerprint density at radius 2 is 1.86 bits per heavy atom. The van der Waals surface area contributed by atoms with Crippen LogP contribution in [0.4, 0.5) is 8.78 Å². The Labute approximate surface area is 96.8 Å². The van der Waals surface area contributed by atoms with Crippen molar-refractivity contribution in [3.05, 3.63) is 32.2 Å². The zero-order valence-electron chi connectivity index (χ0n) is 7.15. The van der Waals surface area contributed by atoms with Crippen LogP contribution in [0.2, 0.25) is 0 Å². The molecular weight excluding hydrogens is 322 g/mol. The number of Topliss-reactive ketones (excluding diaryl/α,β-unsaturated/α-hetero) is 1. The molecule has 0 aliphatic heterocycles. The van der Waals surface area contributed by atoms with Crippen molar-refractivity contribution in [1.29, 1.82) is 0 Å². The van der Waals surface area contributed by atoms with Crippen LogP contribution in [0.25, 0.3) is 0 Å². The quantitative estimate of drug-likeness (QED) is 0.738. The molecule has 5 heteroatoms. The molecule has 0 aliphatic carbocycles.